The highest BCUT2D eigenvalue weighted by molar-refractivity contribution is 7.89. The average molecular weight is 357 g/mol. The van der Waals surface area contributed by atoms with Gasteiger partial charge in [0.1, 0.15) is 0 Å². The first-order valence-corrected chi connectivity index (χ1v) is 9.08. The lowest BCUT2D eigenvalue weighted by Crippen LogP contribution is -2.22. The summed E-state index contributed by atoms with van der Waals surface area (Å²) in [6.07, 6.45) is 0.753. The van der Waals surface area contributed by atoms with Gasteiger partial charge in [0.15, 0.2) is 0 Å². The van der Waals surface area contributed by atoms with Gasteiger partial charge in [-0.3, -0.25) is 4.79 Å². The van der Waals surface area contributed by atoms with Crippen molar-refractivity contribution >= 4 is 21.6 Å². The third-order valence-electron chi connectivity index (χ3n) is 3.62. The van der Waals surface area contributed by atoms with Crippen LogP contribution in [0, 0.1) is 11.3 Å². The quantitative estimate of drug-likeness (QED) is 0.859. The second kappa shape index (κ2) is 7.92. The molecule has 0 radical (unpaired) electrons. The molecule has 0 aromatic heterocycles. The Labute approximate surface area is 147 Å². The summed E-state index contributed by atoms with van der Waals surface area (Å²) in [6, 6.07) is 15.2. The fourth-order valence-electron chi connectivity index (χ4n) is 2.19. The first-order chi connectivity index (χ1) is 11.8. The molecule has 0 bridgehead atoms. The van der Waals surface area contributed by atoms with Crippen molar-refractivity contribution in [3.8, 4) is 6.07 Å². The molecule has 0 spiro atoms. The van der Waals surface area contributed by atoms with Crippen LogP contribution in [-0.2, 0) is 21.2 Å². The van der Waals surface area contributed by atoms with E-state index in [1.165, 1.54) is 14.1 Å². The lowest BCUT2D eigenvalue weighted by atomic mass is 10.1. The maximum absolute atomic E-state index is 12.0. The lowest BCUT2D eigenvalue weighted by molar-refractivity contribution is -0.116. The van der Waals surface area contributed by atoms with Crippen LogP contribution in [0.1, 0.15) is 17.5 Å². The second-order valence-corrected chi connectivity index (χ2v) is 7.82. The summed E-state index contributed by atoms with van der Waals surface area (Å²) >= 11 is 0. The predicted octanol–water partition coefficient (Wildman–Crippen LogP) is 2.38. The molecule has 130 valence electrons. The van der Waals surface area contributed by atoms with E-state index in [4.69, 9.17) is 5.26 Å². The van der Waals surface area contributed by atoms with E-state index >= 15 is 0 Å². The zero-order chi connectivity index (χ0) is 18.4. The van der Waals surface area contributed by atoms with E-state index in [-0.39, 0.29) is 17.2 Å². The Kier molecular flexibility index (Phi) is 5.91. The summed E-state index contributed by atoms with van der Waals surface area (Å²) in [5, 5.41) is 11.6. The predicted molar refractivity (Wildman–Crippen MR) is 95.4 cm³/mol. The Hall–Kier alpha value is -2.69. The van der Waals surface area contributed by atoms with Crippen LogP contribution in [0.4, 0.5) is 5.69 Å². The summed E-state index contributed by atoms with van der Waals surface area (Å²) in [6.45, 7) is 0. The molecule has 0 atom stereocenters. The number of sulfonamides is 1. The van der Waals surface area contributed by atoms with Crippen LogP contribution in [0.15, 0.2) is 53.4 Å². The molecule has 6 nitrogen and oxygen atoms in total. The van der Waals surface area contributed by atoms with Crippen molar-refractivity contribution in [1.29, 1.82) is 5.26 Å². The number of benzene rings is 2. The SMILES string of the molecule is CN(C)S(=O)(=O)c1ccc(CCC(=O)Nc2cccc(C#N)c2)cc1. The minimum atomic E-state index is -3.44. The van der Waals surface area contributed by atoms with E-state index < -0.39 is 10.0 Å². The van der Waals surface area contributed by atoms with Crippen LogP contribution in [0.2, 0.25) is 0 Å². The van der Waals surface area contributed by atoms with E-state index in [0.717, 1.165) is 9.87 Å². The van der Waals surface area contributed by atoms with Crippen molar-refractivity contribution in [1.82, 2.24) is 4.31 Å². The first-order valence-electron chi connectivity index (χ1n) is 7.64. The molecule has 0 heterocycles. The normalized spacial score (nSPS) is 11.1. The van der Waals surface area contributed by atoms with E-state index in [2.05, 4.69) is 5.32 Å². The Morgan fingerprint density at radius 1 is 1.16 bits per heavy atom. The number of carbonyl (C=O) groups is 1. The number of rotatable bonds is 6. The van der Waals surface area contributed by atoms with Crippen molar-refractivity contribution in [3.05, 3.63) is 59.7 Å². The monoisotopic (exact) mass is 357 g/mol. The molecule has 1 N–H and O–H groups in total. The van der Waals surface area contributed by atoms with Gasteiger partial charge in [-0.15, -0.1) is 0 Å². The van der Waals surface area contributed by atoms with Crippen LogP contribution in [0.25, 0.3) is 0 Å². The zero-order valence-electron chi connectivity index (χ0n) is 14.1. The van der Waals surface area contributed by atoms with E-state index in [1.807, 2.05) is 6.07 Å². The van der Waals surface area contributed by atoms with Crippen molar-refractivity contribution in [2.24, 2.45) is 0 Å². The number of nitriles is 1. The van der Waals surface area contributed by atoms with Crippen LogP contribution >= 0.6 is 0 Å². The van der Waals surface area contributed by atoms with Gasteiger partial charge in [-0.2, -0.15) is 5.26 Å². The van der Waals surface area contributed by atoms with Crippen molar-refractivity contribution in [2.75, 3.05) is 19.4 Å². The van der Waals surface area contributed by atoms with Gasteiger partial charge >= 0.3 is 0 Å². The highest BCUT2D eigenvalue weighted by Gasteiger charge is 2.16. The molecule has 0 aliphatic heterocycles. The van der Waals surface area contributed by atoms with Crippen LogP contribution in [0.5, 0.6) is 0 Å². The second-order valence-electron chi connectivity index (χ2n) is 5.67. The Morgan fingerprint density at radius 2 is 1.84 bits per heavy atom. The molecule has 2 aromatic rings. The minimum absolute atomic E-state index is 0.167. The molecule has 0 aliphatic rings. The highest BCUT2D eigenvalue weighted by Crippen LogP contribution is 2.15. The van der Waals surface area contributed by atoms with Crippen LogP contribution in [-0.4, -0.2) is 32.7 Å². The number of amides is 1. The number of anilines is 1. The van der Waals surface area contributed by atoms with Gasteiger partial charge in [0, 0.05) is 26.2 Å². The standard InChI is InChI=1S/C18H19N3O3S/c1-21(2)25(23,24)17-9-6-14(7-10-17)8-11-18(22)20-16-5-3-4-15(12-16)13-19/h3-7,9-10,12H,8,11H2,1-2H3,(H,20,22). The molecule has 25 heavy (non-hydrogen) atoms. The zero-order valence-corrected chi connectivity index (χ0v) is 14.9. The number of hydrogen-bond donors (Lipinski definition) is 1. The van der Waals surface area contributed by atoms with Crippen molar-refractivity contribution in [3.63, 3.8) is 0 Å². The Morgan fingerprint density at radius 3 is 2.44 bits per heavy atom. The molecule has 1 amide bonds. The highest BCUT2D eigenvalue weighted by atomic mass is 32.2. The Bertz CT molecular complexity index is 898. The van der Waals surface area contributed by atoms with E-state index in [0.29, 0.717) is 17.7 Å². The molecule has 0 saturated heterocycles. The molecular formula is C18H19N3O3S. The summed E-state index contributed by atoms with van der Waals surface area (Å²) in [5.41, 5.74) is 1.94. The van der Waals surface area contributed by atoms with Gasteiger partial charge in [0.05, 0.1) is 16.5 Å². The summed E-state index contributed by atoms with van der Waals surface area (Å²) in [7, 11) is -0.482. The fraction of sp³-hybridized carbons (Fsp3) is 0.222. The van der Waals surface area contributed by atoms with Gasteiger partial charge < -0.3 is 5.32 Å². The smallest absolute Gasteiger partial charge is 0.242 e. The van der Waals surface area contributed by atoms with Gasteiger partial charge in [-0.05, 0) is 42.3 Å². The maximum Gasteiger partial charge on any atom is 0.242 e. The molecule has 2 aromatic carbocycles. The molecule has 2 rings (SSSR count). The molecular weight excluding hydrogens is 338 g/mol. The van der Waals surface area contributed by atoms with Gasteiger partial charge in [0.2, 0.25) is 15.9 Å². The molecule has 7 heteroatoms. The number of carbonyl (C=O) groups excluding carboxylic acids is 1. The summed E-state index contributed by atoms with van der Waals surface area (Å²) in [4.78, 5) is 12.2. The minimum Gasteiger partial charge on any atom is -0.326 e. The average Bonchev–Trinajstić information content (AvgIpc) is 2.60. The van der Waals surface area contributed by atoms with E-state index in [1.54, 1.807) is 48.5 Å². The topological polar surface area (TPSA) is 90.3 Å². The van der Waals surface area contributed by atoms with Crippen LogP contribution < -0.4 is 5.32 Å². The van der Waals surface area contributed by atoms with Crippen molar-refractivity contribution in [2.45, 2.75) is 17.7 Å². The van der Waals surface area contributed by atoms with Crippen molar-refractivity contribution < 1.29 is 13.2 Å². The molecule has 0 aliphatic carbocycles. The number of aryl methyl sites for hydroxylation is 1. The molecule has 0 saturated carbocycles. The first kappa shape index (κ1) is 18.6. The fourth-order valence-corrected chi connectivity index (χ4v) is 3.09. The Balaban J connectivity index is 1.95. The third-order valence-corrected chi connectivity index (χ3v) is 5.45. The number of nitrogens with zero attached hydrogens (tertiary/aromatic N) is 2. The van der Waals surface area contributed by atoms with Gasteiger partial charge in [0.25, 0.3) is 0 Å². The van der Waals surface area contributed by atoms with Gasteiger partial charge in [-0.1, -0.05) is 18.2 Å². The maximum atomic E-state index is 12.0. The largest absolute Gasteiger partial charge is 0.326 e. The molecule has 0 unspecified atom stereocenters. The van der Waals surface area contributed by atoms with Gasteiger partial charge in [-0.25, -0.2) is 12.7 Å². The summed E-state index contributed by atoms with van der Waals surface area (Å²) < 4.78 is 25.2. The molecule has 0 fully saturated rings. The third kappa shape index (κ3) is 4.89. The number of nitrogens with one attached hydrogen (secondary N) is 1. The van der Waals surface area contributed by atoms with E-state index in [9.17, 15) is 13.2 Å². The lowest BCUT2D eigenvalue weighted by Gasteiger charge is -2.11. The van der Waals surface area contributed by atoms with Crippen LogP contribution in [0.3, 0.4) is 0 Å². The summed E-state index contributed by atoms with van der Waals surface area (Å²) in [5.74, 6) is -0.167. The number of hydrogen-bond acceptors (Lipinski definition) is 4.